The number of aliphatic imine (C=N–C) groups is 1. The Hall–Kier alpha value is -2.95. The Bertz CT molecular complexity index is 846. The third kappa shape index (κ3) is 4.91. The largest absolute Gasteiger partial charge is 0.369 e. The molecule has 2 aliphatic rings. The van der Waals surface area contributed by atoms with Crippen molar-refractivity contribution >= 4 is 17.3 Å². The highest BCUT2D eigenvalue weighted by molar-refractivity contribution is 5.80. The Morgan fingerprint density at radius 3 is 2.31 bits per heavy atom. The molecule has 152 valence electrons. The lowest BCUT2D eigenvalue weighted by Gasteiger charge is -2.21. The van der Waals surface area contributed by atoms with E-state index in [1.54, 1.807) is 0 Å². The van der Waals surface area contributed by atoms with E-state index < -0.39 is 0 Å². The second-order valence-electron chi connectivity index (χ2n) is 7.88. The van der Waals surface area contributed by atoms with Crippen LogP contribution in [0.15, 0.2) is 65.7 Å². The first-order chi connectivity index (χ1) is 14.2. The Labute approximate surface area is 174 Å². The minimum Gasteiger partial charge on any atom is -0.369 e. The number of aryl methyl sites for hydroxylation is 1. The van der Waals surface area contributed by atoms with Gasteiger partial charge in [0.05, 0.1) is 0 Å². The van der Waals surface area contributed by atoms with E-state index in [0.717, 1.165) is 45.1 Å². The molecule has 0 amide bonds. The summed E-state index contributed by atoms with van der Waals surface area (Å²) in [5, 5.41) is 7.04. The van der Waals surface area contributed by atoms with E-state index in [0.29, 0.717) is 6.04 Å². The summed E-state index contributed by atoms with van der Waals surface area (Å²) in [6.45, 7) is 6.99. The van der Waals surface area contributed by atoms with Crippen molar-refractivity contribution in [2.45, 2.75) is 25.9 Å². The number of hydrogen-bond acceptors (Lipinski definition) is 3. The average molecular weight is 390 g/mol. The van der Waals surface area contributed by atoms with Gasteiger partial charge in [0.15, 0.2) is 5.96 Å². The van der Waals surface area contributed by atoms with Gasteiger partial charge in [-0.05, 0) is 43.2 Å². The number of benzene rings is 2. The van der Waals surface area contributed by atoms with Crippen LogP contribution in [0.4, 0.5) is 11.4 Å². The van der Waals surface area contributed by atoms with Gasteiger partial charge in [-0.2, -0.15) is 0 Å². The van der Waals surface area contributed by atoms with Crippen LogP contribution in [0, 0.1) is 6.92 Å². The van der Waals surface area contributed by atoms with Crippen molar-refractivity contribution in [3.05, 3.63) is 71.8 Å². The predicted octanol–water partition coefficient (Wildman–Crippen LogP) is 3.32. The second-order valence-corrected chi connectivity index (χ2v) is 7.88. The topological polar surface area (TPSA) is 42.9 Å². The van der Waals surface area contributed by atoms with E-state index in [-0.39, 0.29) is 0 Å². The van der Waals surface area contributed by atoms with Crippen molar-refractivity contribution in [2.75, 3.05) is 43.0 Å². The van der Waals surface area contributed by atoms with Crippen molar-refractivity contribution in [3.63, 3.8) is 0 Å². The first kappa shape index (κ1) is 19.4. The average Bonchev–Trinajstić information content (AvgIpc) is 3.44. The maximum Gasteiger partial charge on any atom is 0.191 e. The maximum absolute atomic E-state index is 4.42. The lowest BCUT2D eigenvalue weighted by atomic mass is 10.2. The molecule has 2 aliphatic heterocycles. The molecule has 0 spiro atoms. The number of nitrogens with one attached hydrogen (secondary N) is 2. The van der Waals surface area contributed by atoms with Gasteiger partial charge in [-0.1, -0.05) is 42.0 Å². The third-order valence-corrected chi connectivity index (χ3v) is 5.73. The zero-order chi connectivity index (χ0) is 20.1. The van der Waals surface area contributed by atoms with Crippen LogP contribution in [0.3, 0.4) is 0 Å². The number of anilines is 2. The van der Waals surface area contributed by atoms with Crippen molar-refractivity contribution in [3.8, 4) is 0 Å². The van der Waals surface area contributed by atoms with Crippen molar-refractivity contribution in [1.82, 2.24) is 10.6 Å². The molecule has 2 aromatic rings. The molecule has 5 heteroatoms. The Balaban J connectivity index is 1.26. The number of hydrogen-bond donors (Lipinski definition) is 2. The normalized spacial score (nSPS) is 19.1. The van der Waals surface area contributed by atoms with Crippen LogP contribution in [-0.4, -0.2) is 45.2 Å². The highest BCUT2D eigenvalue weighted by Crippen LogP contribution is 2.21. The van der Waals surface area contributed by atoms with Crippen LogP contribution >= 0.6 is 0 Å². The van der Waals surface area contributed by atoms with Crippen LogP contribution in [-0.2, 0) is 6.54 Å². The molecule has 2 N–H and O–H groups in total. The van der Waals surface area contributed by atoms with Crippen LogP contribution in [0.25, 0.3) is 0 Å². The van der Waals surface area contributed by atoms with E-state index >= 15 is 0 Å². The Kier molecular flexibility index (Phi) is 6.03. The molecule has 1 atom stereocenters. The van der Waals surface area contributed by atoms with Gasteiger partial charge in [0.2, 0.25) is 0 Å². The van der Waals surface area contributed by atoms with Gasteiger partial charge in [-0.25, -0.2) is 0 Å². The summed E-state index contributed by atoms with van der Waals surface area (Å²) < 4.78 is 0. The molecule has 1 saturated heterocycles. The molecule has 0 aromatic heterocycles. The summed E-state index contributed by atoms with van der Waals surface area (Å²) in [5.41, 5.74) is 5.15. The molecule has 5 nitrogen and oxygen atoms in total. The van der Waals surface area contributed by atoms with Crippen LogP contribution in [0.1, 0.15) is 17.5 Å². The molecule has 0 radical (unpaired) electrons. The molecular formula is C24H31N5. The summed E-state index contributed by atoms with van der Waals surface area (Å²) in [4.78, 5) is 9.22. The molecule has 0 bridgehead atoms. The minimum absolute atomic E-state index is 0.410. The van der Waals surface area contributed by atoms with E-state index in [2.05, 4.69) is 93.0 Å². The van der Waals surface area contributed by atoms with Gasteiger partial charge < -0.3 is 20.4 Å². The molecule has 1 fully saturated rings. The van der Waals surface area contributed by atoms with Gasteiger partial charge in [-0.15, -0.1) is 0 Å². The first-order valence-electron chi connectivity index (χ1n) is 10.5. The molecule has 2 aromatic carbocycles. The van der Waals surface area contributed by atoms with Crippen molar-refractivity contribution in [1.29, 1.82) is 0 Å². The van der Waals surface area contributed by atoms with Crippen LogP contribution in [0.2, 0.25) is 0 Å². The molecule has 0 saturated carbocycles. The van der Waals surface area contributed by atoms with Gasteiger partial charge in [-0.3, -0.25) is 4.99 Å². The fourth-order valence-corrected chi connectivity index (χ4v) is 3.96. The smallest absolute Gasteiger partial charge is 0.191 e. The monoisotopic (exact) mass is 389 g/mol. The number of rotatable bonds is 5. The molecular weight excluding hydrogens is 358 g/mol. The SMILES string of the molecule is CN=C(NCc1ccc(N2CC=CC2)cc1)NC1CCN(c2ccc(C)cc2)C1. The Morgan fingerprint density at radius 1 is 0.966 bits per heavy atom. The predicted molar refractivity (Wildman–Crippen MR) is 123 cm³/mol. The third-order valence-electron chi connectivity index (χ3n) is 5.73. The van der Waals surface area contributed by atoms with Crippen molar-refractivity contribution < 1.29 is 0 Å². The Morgan fingerprint density at radius 2 is 1.62 bits per heavy atom. The summed E-state index contributed by atoms with van der Waals surface area (Å²) in [6.07, 6.45) is 5.55. The van der Waals surface area contributed by atoms with Gasteiger partial charge >= 0.3 is 0 Å². The van der Waals surface area contributed by atoms with Gasteiger partial charge in [0.25, 0.3) is 0 Å². The quantitative estimate of drug-likeness (QED) is 0.468. The zero-order valence-electron chi connectivity index (χ0n) is 17.4. The summed E-state index contributed by atoms with van der Waals surface area (Å²) >= 11 is 0. The van der Waals surface area contributed by atoms with Crippen LogP contribution < -0.4 is 20.4 Å². The fourth-order valence-electron chi connectivity index (χ4n) is 3.96. The van der Waals surface area contributed by atoms with Crippen molar-refractivity contribution in [2.24, 2.45) is 4.99 Å². The number of guanidine groups is 1. The van der Waals surface area contributed by atoms with E-state index in [4.69, 9.17) is 0 Å². The molecule has 4 rings (SSSR count). The summed E-state index contributed by atoms with van der Waals surface area (Å²) in [7, 11) is 1.84. The summed E-state index contributed by atoms with van der Waals surface area (Å²) in [5.74, 6) is 0.869. The standard InChI is InChI=1S/C24H31N5/c1-19-5-9-23(10-6-19)29-16-13-21(18-29)27-24(25-2)26-17-20-7-11-22(12-8-20)28-14-3-4-15-28/h3-12,21H,13-18H2,1-2H3,(H2,25,26,27). The highest BCUT2D eigenvalue weighted by atomic mass is 15.2. The maximum atomic E-state index is 4.42. The molecule has 2 heterocycles. The molecule has 29 heavy (non-hydrogen) atoms. The van der Waals surface area contributed by atoms with Gasteiger partial charge in [0, 0.05) is 57.2 Å². The van der Waals surface area contributed by atoms with E-state index in [1.807, 2.05) is 7.05 Å². The fraction of sp³-hybridized carbons (Fsp3) is 0.375. The first-order valence-corrected chi connectivity index (χ1v) is 10.5. The second kappa shape index (κ2) is 9.03. The van der Waals surface area contributed by atoms with E-state index in [9.17, 15) is 0 Å². The highest BCUT2D eigenvalue weighted by Gasteiger charge is 2.23. The lowest BCUT2D eigenvalue weighted by molar-refractivity contribution is 0.648. The summed E-state index contributed by atoms with van der Waals surface area (Å²) in [6, 6.07) is 18.0. The van der Waals surface area contributed by atoms with Crippen LogP contribution in [0.5, 0.6) is 0 Å². The zero-order valence-corrected chi connectivity index (χ0v) is 17.4. The lowest BCUT2D eigenvalue weighted by Crippen LogP contribution is -2.44. The molecule has 1 unspecified atom stereocenters. The van der Waals surface area contributed by atoms with E-state index in [1.165, 1.54) is 22.5 Å². The molecule has 0 aliphatic carbocycles. The minimum atomic E-state index is 0.410. The van der Waals surface area contributed by atoms with Gasteiger partial charge in [0.1, 0.15) is 0 Å². The number of nitrogens with zero attached hydrogens (tertiary/aromatic N) is 3.